The van der Waals surface area contributed by atoms with E-state index in [-0.39, 0.29) is 25.0 Å². The molecule has 2 amide bonds. The largest absolute Gasteiger partial charge is 0.395 e. The second-order valence-electron chi connectivity index (χ2n) is 10.1. The van der Waals surface area contributed by atoms with Crippen molar-refractivity contribution in [2.45, 2.75) is 31.4 Å². The highest BCUT2D eigenvalue weighted by molar-refractivity contribution is 6.07. The number of carbonyl (C=O) groups excluding carboxylic acids is 2. The zero-order valence-electron chi connectivity index (χ0n) is 22.2. The van der Waals surface area contributed by atoms with Crippen LogP contribution in [0.4, 0.5) is 11.4 Å². The number of hydrogen-bond donors (Lipinski definition) is 3. The third-order valence-corrected chi connectivity index (χ3v) is 7.69. The van der Waals surface area contributed by atoms with E-state index in [0.29, 0.717) is 48.7 Å². The van der Waals surface area contributed by atoms with Crippen LogP contribution in [0, 0.1) is 5.92 Å². The molecule has 0 aliphatic carbocycles. The lowest BCUT2D eigenvalue weighted by Crippen LogP contribution is -2.48. The number of fused-ring (bicyclic) bond motifs is 1. The molecule has 5 rings (SSSR count). The standard InChI is InChI=1S/C29H34N6O4/c1-20(8-6-7-14-34-18-25(31-32-34)23(19-36)21-9-4-3-5-10-21)29(39)24-16-22(35-15-13-30-17-27(35)37)11-12-26(24)33(2)28(29)38/h3-6,8-12,16,18,20,23,30,36,39H,7,13-15,17,19H2,1-2H3/b8-6+/t20-,23?,29+/m0/s1. The SMILES string of the molecule is C[C@@H](/C=C/CCn1cc(C(CO)c2ccccc2)nn1)[C@]1(O)C(=O)N(C)c2ccc(N3CCNCC3=O)cc21. The Morgan fingerprint density at radius 2 is 1.97 bits per heavy atom. The summed E-state index contributed by atoms with van der Waals surface area (Å²) in [5.41, 5.74) is 1.76. The summed E-state index contributed by atoms with van der Waals surface area (Å²) < 4.78 is 1.73. The monoisotopic (exact) mass is 530 g/mol. The highest BCUT2D eigenvalue weighted by atomic mass is 16.3. The van der Waals surface area contributed by atoms with Gasteiger partial charge in [0, 0.05) is 50.0 Å². The van der Waals surface area contributed by atoms with Crippen molar-refractivity contribution in [2.75, 3.05) is 43.1 Å². The number of hydrogen-bond acceptors (Lipinski definition) is 7. The van der Waals surface area contributed by atoms with E-state index >= 15 is 0 Å². The van der Waals surface area contributed by atoms with Gasteiger partial charge < -0.3 is 25.3 Å². The van der Waals surface area contributed by atoms with Gasteiger partial charge in [-0.25, -0.2) is 0 Å². The Labute approximate surface area is 227 Å². The lowest BCUT2D eigenvalue weighted by molar-refractivity contribution is -0.139. The number of rotatable bonds is 9. The first kappa shape index (κ1) is 26.7. The van der Waals surface area contributed by atoms with Gasteiger partial charge in [0.1, 0.15) is 0 Å². The van der Waals surface area contributed by atoms with E-state index in [1.54, 1.807) is 28.8 Å². The Bertz CT molecular complexity index is 1370. The van der Waals surface area contributed by atoms with Crippen molar-refractivity contribution < 1.29 is 19.8 Å². The number of aromatic nitrogens is 3. The van der Waals surface area contributed by atoms with Gasteiger partial charge in [-0.3, -0.25) is 14.3 Å². The van der Waals surface area contributed by atoms with Gasteiger partial charge in [-0.2, -0.15) is 0 Å². The van der Waals surface area contributed by atoms with Crippen LogP contribution in [0.25, 0.3) is 0 Å². The zero-order valence-corrected chi connectivity index (χ0v) is 22.2. The molecular formula is C29H34N6O4. The molecule has 1 saturated heterocycles. The predicted molar refractivity (Wildman–Crippen MR) is 147 cm³/mol. The maximum atomic E-state index is 13.3. The van der Waals surface area contributed by atoms with Crippen LogP contribution in [0.15, 0.2) is 66.9 Å². The minimum absolute atomic E-state index is 0.0410. The van der Waals surface area contributed by atoms with Crippen molar-refractivity contribution in [3.05, 3.63) is 83.7 Å². The number of likely N-dealkylation sites (N-methyl/N-ethyl adjacent to an activating group) is 1. The second kappa shape index (κ2) is 11.1. The number of aryl methyl sites for hydroxylation is 1. The Hall–Kier alpha value is -3.86. The van der Waals surface area contributed by atoms with Crippen LogP contribution >= 0.6 is 0 Å². The molecule has 10 nitrogen and oxygen atoms in total. The van der Waals surface area contributed by atoms with Crippen molar-refractivity contribution in [3.8, 4) is 0 Å². The topological polar surface area (TPSA) is 124 Å². The summed E-state index contributed by atoms with van der Waals surface area (Å²) in [6.07, 6.45) is 6.23. The van der Waals surface area contributed by atoms with Gasteiger partial charge in [0.2, 0.25) is 5.91 Å². The summed E-state index contributed by atoms with van der Waals surface area (Å²) >= 11 is 0. The smallest absolute Gasteiger partial charge is 0.264 e. The summed E-state index contributed by atoms with van der Waals surface area (Å²) in [5, 5.41) is 33.2. The Morgan fingerprint density at radius 3 is 2.72 bits per heavy atom. The second-order valence-corrected chi connectivity index (χ2v) is 10.1. The predicted octanol–water partition coefficient (Wildman–Crippen LogP) is 1.79. The van der Waals surface area contributed by atoms with Crippen LogP contribution in [0.5, 0.6) is 0 Å². The summed E-state index contributed by atoms with van der Waals surface area (Å²) in [7, 11) is 1.66. The molecule has 0 saturated carbocycles. The van der Waals surface area contributed by atoms with Crippen LogP contribution in [0.3, 0.4) is 0 Å². The van der Waals surface area contributed by atoms with Gasteiger partial charge in [0.05, 0.1) is 30.5 Å². The number of nitrogens with one attached hydrogen (secondary N) is 1. The first-order valence-corrected chi connectivity index (χ1v) is 13.2. The molecule has 3 aromatic rings. The van der Waals surface area contributed by atoms with Crippen molar-refractivity contribution in [1.29, 1.82) is 0 Å². The van der Waals surface area contributed by atoms with Crippen LogP contribution in [-0.2, 0) is 21.7 Å². The van der Waals surface area contributed by atoms with Crippen molar-refractivity contribution in [2.24, 2.45) is 5.92 Å². The Balaban J connectivity index is 1.28. The number of benzene rings is 2. The van der Waals surface area contributed by atoms with E-state index in [4.69, 9.17) is 0 Å². The molecule has 39 heavy (non-hydrogen) atoms. The van der Waals surface area contributed by atoms with Crippen molar-refractivity contribution in [3.63, 3.8) is 0 Å². The molecule has 2 aliphatic heterocycles. The molecular weight excluding hydrogens is 496 g/mol. The molecule has 10 heteroatoms. The van der Waals surface area contributed by atoms with Crippen LogP contribution in [-0.4, -0.2) is 70.3 Å². The number of carbonyl (C=O) groups is 2. The quantitative estimate of drug-likeness (QED) is 0.361. The zero-order chi connectivity index (χ0) is 27.6. The summed E-state index contributed by atoms with van der Waals surface area (Å²) in [6, 6.07) is 15.1. The molecule has 1 unspecified atom stereocenters. The average Bonchev–Trinajstić information content (AvgIpc) is 3.50. The van der Waals surface area contributed by atoms with E-state index < -0.39 is 17.4 Å². The van der Waals surface area contributed by atoms with Crippen molar-refractivity contribution >= 4 is 23.2 Å². The molecule has 1 aromatic heterocycles. The molecule has 204 valence electrons. The van der Waals surface area contributed by atoms with Gasteiger partial charge in [-0.1, -0.05) is 54.6 Å². The van der Waals surface area contributed by atoms with Gasteiger partial charge in [0.25, 0.3) is 5.91 Å². The van der Waals surface area contributed by atoms with E-state index in [1.165, 1.54) is 4.90 Å². The lowest BCUT2D eigenvalue weighted by atomic mass is 9.82. The third kappa shape index (κ3) is 4.98. The molecule has 2 aliphatic rings. The molecule has 2 aromatic carbocycles. The maximum Gasteiger partial charge on any atom is 0.264 e. The molecule has 0 spiro atoms. The first-order chi connectivity index (χ1) is 18.8. The molecule has 3 N–H and O–H groups in total. The summed E-state index contributed by atoms with van der Waals surface area (Å²) in [4.78, 5) is 28.8. The summed E-state index contributed by atoms with van der Waals surface area (Å²) in [5.74, 6) is -1.18. The number of aliphatic hydroxyl groups is 2. The fraction of sp³-hybridized carbons (Fsp3) is 0.379. The molecule has 3 heterocycles. The van der Waals surface area contributed by atoms with Crippen LogP contribution in [0.2, 0.25) is 0 Å². The minimum atomic E-state index is -1.74. The van der Waals surface area contributed by atoms with E-state index in [0.717, 1.165) is 5.56 Å². The van der Waals surface area contributed by atoms with Crippen molar-refractivity contribution in [1.82, 2.24) is 20.3 Å². The number of piperazine rings is 1. The molecule has 0 radical (unpaired) electrons. The molecule has 1 fully saturated rings. The average molecular weight is 531 g/mol. The highest BCUT2D eigenvalue weighted by Gasteiger charge is 2.51. The number of amides is 2. The van der Waals surface area contributed by atoms with Gasteiger partial charge >= 0.3 is 0 Å². The first-order valence-electron chi connectivity index (χ1n) is 13.2. The highest BCUT2D eigenvalue weighted by Crippen LogP contribution is 2.46. The fourth-order valence-electron chi connectivity index (χ4n) is 5.37. The van der Waals surface area contributed by atoms with Crippen LogP contribution in [0.1, 0.15) is 36.1 Å². The van der Waals surface area contributed by atoms with E-state index in [1.807, 2.05) is 61.7 Å². The molecule has 0 bridgehead atoms. The normalized spacial score (nSPS) is 21.0. The third-order valence-electron chi connectivity index (χ3n) is 7.69. The Kier molecular flexibility index (Phi) is 7.60. The van der Waals surface area contributed by atoms with Gasteiger partial charge in [-0.15, -0.1) is 5.10 Å². The number of anilines is 2. The van der Waals surface area contributed by atoms with Gasteiger partial charge in [-0.05, 0) is 30.2 Å². The minimum Gasteiger partial charge on any atom is -0.395 e. The number of aliphatic hydroxyl groups excluding tert-OH is 1. The maximum absolute atomic E-state index is 13.3. The fourth-order valence-corrected chi connectivity index (χ4v) is 5.37. The lowest BCUT2D eigenvalue weighted by Gasteiger charge is -2.30. The van der Waals surface area contributed by atoms with Gasteiger partial charge in [0.15, 0.2) is 5.60 Å². The Morgan fingerprint density at radius 1 is 1.18 bits per heavy atom. The van der Waals surface area contributed by atoms with Crippen LogP contribution < -0.4 is 15.1 Å². The van der Waals surface area contributed by atoms with E-state index in [2.05, 4.69) is 15.6 Å². The number of nitrogens with zero attached hydrogens (tertiary/aromatic N) is 5. The van der Waals surface area contributed by atoms with E-state index in [9.17, 15) is 19.8 Å². The summed E-state index contributed by atoms with van der Waals surface area (Å²) in [6.45, 7) is 3.79. The number of allylic oxidation sites excluding steroid dienone is 1. The molecule has 3 atom stereocenters.